The number of nitrogen functional groups attached to an aromatic ring is 1. The summed E-state index contributed by atoms with van der Waals surface area (Å²) in [6.45, 7) is 0. The third kappa shape index (κ3) is 3.04. The summed E-state index contributed by atoms with van der Waals surface area (Å²) in [6.07, 6.45) is -1.58. The first-order valence-electron chi connectivity index (χ1n) is 4.87. The van der Waals surface area contributed by atoms with Gasteiger partial charge < -0.3 is 15.9 Å². The van der Waals surface area contributed by atoms with Crippen molar-refractivity contribution in [2.24, 2.45) is 0 Å². The van der Waals surface area contributed by atoms with E-state index in [1.165, 1.54) is 12.1 Å². The normalized spacial score (nSPS) is 12.1. The Morgan fingerprint density at radius 2 is 2.06 bits per heavy atom. The Labute approximate surface area is 106 Å². The molecule has 0 aliphatic carbocycles. The maximum atomic E-state index is 11.8. The van der Waals surface area contributed by atoms with Crippen molar-refractivity contribution in [3.63, 3.8) is 0 Å². The Balaban J connectivity index is 3.26. The molecule has 0 heterocycles. The number of aliphatic carboxylic acids is 1. The number of anilines is 1. The van der Waals surface area contributed by atoms with Crippen molar-refractivity contribution < 1.29 is 19.8 Å². The molecule has 0 fully saturated rings. The van der Waals surface area contributed by atoms with Gasteiger partial charge in [0.2, 0.25) is 0 Å². The molecule has 92 valence electrons. The van der Waals surface area contributed by atoms with Crippen molar-refractivity contribution >= 4 is 33.4 Å². The highest BCUT2D eigenvalue weighted by Gasteiger charge is 2.24. The van der Waals surface area contributed by atoms with E-state index < -0.39 is 12.1 Å². The monoisotopic (exact) mass is 301 g/mol. The van der Waals surface area contributed by atoms with Crippen LogP contribution >= 0.6 is 15.9 Å². The minimum atomic E-state index is -1.79. The Hall–Kier alpha value is -1.40. The summed E-state index contributed by atoms with van der Waals surface area (Å²) in [7, 11) is 0. The van der Waals surface area contributed by atoms with Crippen molar-refractivity contribution in [3.8, 4) is 0 Å². The van der Waals surface area contributed by atoms with Gasteiger partial charge in [0.25, 0.3) is 0 Å². The first kappa shape index (κ1) is 13.7. The summed E-state index contributed by atoms with van der Waals surface area (Å²) in [4.78, 5) is 22.5. The van der Waals surface area contributed by atoms with Crippen LogP contribution in [0.4, 0.5) is 5.69 Å². The van der Waals surface area contributed by atoms with Gasteiger partial charge in [-0.05, 0) is 6.07 Å². The molecular weight excluding hydrogens is 290 g/mol. The highest BCUT2D eigenvalue weighted by molar-refractivity contribution is 9.09. The lowest BCUT2D eigenvalue weighted by Crippen LogP contribution is -2.17. The number of aliphatic hydroxyl groups excluding tert-OH is 1. The number of rotatable bonds is 5. The van der Waals surface area contributed by atoms with E-state index in [-0.39, 0.29) is 29.0 Å². The second-order valence-electron chi connectivity index (χ2n) is 3.41. The van der Waals surface area contributed by atoms with E-state index in [0.29, 0.717) is 5.33 Å². The van der Waals surface area contributed by atoms with Gasteiger partial charge in [0.05, 0.1) is 0 Å². The summed E-state index contributed by atoms with van der Waals surface area (Å²) in [5.74, 6) is -1.69. The number of halogens is 1. The van der Waals surface area contributed by atoms with Gasteiger partial charge in [-0.1, -0.05) is 28.1 Å². The van der Waals surface area contributed by atoms with Crippen molar-refractivity contribution in [1.82, 2.24) is 0 Å². The summed E-state index contributed by atoms with van der Waals surface area (Å²) >= 11 is 3.13. The molecule has 0 saturated heterocycles. The largest absolute Gasteiger partial charge is 0.479 e. The number of benzene rings is 1. The van der Waals surface area contributed by atoms with E-state index >= 15 is 0 Å². The molecule has 0 aliphatic heterocycles. The van der Waals surface area contributed by atoms with Gasteiger partial charge in [0.1, 0.15) is 0 Å². The Morgan fingerprint density at radius 1 is 1.41 bits per heavy atom. The number of aliphatic hydroxyl groups is 1. The first-order valence-corrected chi connectivity index (χ1v) is 5.99. The fraction of sp³-hybridized carbons (Fsp3) is 0.273. The molecule has 0 radical (unpaired) electrons. The van der Waals surface area contributed by atoms with Crippen molar-refractivity contribution in [3.05, 3.63) is 29.3 Å². The second-order valence-corrected chi connectivity index (χ2v) is 4.20. The average molecular weight is 302 g/mol. The Bertz CT molecular complexity index is 447. The number of ketones is 1. The smallest absolute Gasteiger partial charge is 0.337 e. The fourth-order valence-corrected chi connectivity index (χ4v) is 1.84. The number of hydrogen-bond donors (Lipinski definition) is 3. The van der Waals surface area contributed by atoms with E-state index in [9.17, 15) is 14.7 Å². The molecule has 17 heavy (non-hydrogen) atoms. The zero-order valence-electron chi connectivity index (χ0n) is 8.89. The third-order valence-electron chi connectivity index (χ3n) is 2.27. The lowest BCUT2D eigenvalue weighted by Gasteiger charge is -2.13. The highest BCUT2D eigenvalue weighted by Crippen LogP contribution is 2.26. The molecule has 1 aromatic rings. The van der Waals surface area contributed by atoms with Crippen LogP contribution in [0.5, 0.6) is 0 Å². The van der Waals surface area contributed by atoms with Crippen molar-refractivity contribution in [1.29, 1.82) is 0 Å². The maximum Gasteiger partial charge on any atom is 0.337 e. The zero-order chi connectivity index (χ0) is 13.0. The first-order chi connectivity index (χ1) is 7.99. The van der Waals surface area contributed by atoms with Crippen LogP contribution in [0.15, 0.2) is 18.2 Å². The van der Waals surface area contributed by atoms with Crippen LogP contribution < -0.4 is 5.73 Å². The molecule has 1 atom stereocenters. The molecule has 5 nitrogen and oxygen atoms in total. The lowest BCUT2D eigenvalue weighted by molar-refractivity contribution is -0.146. The van der Waals surface area contributed by atoms with E-state index in [4.69, 9.17) is 10.8 Å². The molecule has 1 aromatic carbocycles. The van der Waals surface area contributed by atoms with Crippen molar-refractivity contribution in [2.45, 2.75) is 12.5 Å². The number of carbonyl (C=O) groups excluding carboxylic acids is 1. The van der Waals surface area contributed by atoms with Crippen LogP contribution in [-0.4, -0.2) is 27.3 Å². The van der Waals surface area contributed by atoms with E-state index in [2.05, 4.69) is 15.9 Å². The van der Waals surface area contributed by atoms with E-state index in [0.717, 1.165) is 0 Å². The van der Waals surface area contributed by atoms with Crippen LogP contribution in [0.1, 0.15) is 28.4 Å². The predicted octanol–water partition coefficient (Wildman–Crippen LogP) is 1.35. The molecule has 1 unspecified atom stereocenters. The molecule has 0 aromatic heterocycles. The SMILES string of the molecule is Nc1cccc(C(=O)CCBr)c1C(O)C(=O)O. The third-order valence-corrected chi connectivity index (χ3v) is 2.67. The van der Waals surface area contributed by atoms with Crippen LogP contribution in [0.3, 0.4) is 0 Å². The average Bonchev–Trinajstić information content (AvgIpc) is 2.28. The van der Waals surface area contributed by atoms with Gasteiger partial charge >= 0.3 is 5.97 Å². The molecule has 0 saturated carbocycles. The number of carboxylic acid groups (broad SMARTS) is 1. The quantitative estimate of drug-likeness (QED) is 0.433. The molecule has 0 amide bonds. The Kier molecular flexibility index (Phi) is 4.65. The van der Waals surface area contributed by atoms with Crippen LogP contribution in [0.25, 0.3) is 0 Å². The van der Waals surface area contributed by atoms with Crippen LogP contribution in [-0.2, 0) is 4.79 Å². The number of alkyl halides is 1. The Morgan fingerprint density at radius 3 is 2.59 bits per heavy atom. The van der Waals surface area contributed by atoms with Gasteiger partial charge in [-0.2, -0.15) is 0 Å². The molecular formula is C11H12BrNO4. The molecule has 0 aliphatic rings. The van der Waals surface area contributed by atoms with Crippen LogP contribution in [0.2, 0.25) is 0 Å². The second kappa shape index (κ2) is 5.79. The summed E-state index contributed by atoms with van der Waals surface area (Å²) in [5.41, 5.74) is 5.82. The zero-order valence-corrected chi connectivity index (χ0v) is 10.5. The van der Waals surface area contributed by atoms with E-state index in [1.807, 2.05) is 0 Å². The summed E-state index contributed by atoms with van der Waals surface area (Å²) in [5, 5.41) is 18.8. The molecule has 6 heteroatoms. The van der Waals surface area contributed by atoms with Crippen LogP contribution in [0, 0.1) is 0 Å². The minimum Gasteiger partial charge on any atom is -0.479 e. The van der Waals surface area contributed by atoms with Gasteiger partial charge in [-0.3, -0.25) is 4.79 Å². The molecule has 0 spiro atoms. The predicted molar refractivity (Wildman–Crippen MR) is 66.2 cm³/mol. The maximum absolute atomic E-state index is 11.8. The number of carbonyl (C=O) groups is 2. The fourth-order valence-electron chi connectivity index (χ4n) is 1.48. The number of nitrogens with two attached hydrogens (primary N) is 1. The number of hydrogen-bond acceptors (Lipinski definition) is 4. The molecule has 4 N–H and O–H groups in total. The summed E-state index contributed by atoms with van der Waals surface area (Å²) < 4.78 is 0. The summed E-state index contributed by atoms with van der Waals surface area (Å²) in [6, 6.07) is 4.46. The molecule has 1 rings (SSSR count). The molecule has 0 bridgehead atoms. The van der Waals surface area contributed by atoms with Gasteiger partial charge in [-0.25, -0.2) is 4.79 Å². The topological polar surface area (TPSA) is 101 Å². The lowest BCUT2D eigenvalue weighted by atomic mass is 9.96. The van der Waals surface area contributed by atoms with Gasteiger partial charge in [0.15, 0.2) is 11.9 Å². The van der Waals surface area contributed by atoms with Gasteiger partial charge in [0, 0.05) is 28.6 Å². The van der Waals surface area contributed by atoms with Gasteiger partial charge in [-0.15, -0.1) is 0 Å². The number of Topliss-reactive ketones (excluding diaryl/α,β-unsaturated/α-hetero) is 1. The minimum absolute atomic E-state index is 0.0362. The standard InChI is InChI=1S/C11H12BrNO4/c12-5-4-8(14)6-2-1-3-7(13)9(6)10(15)11(16)17/h1-3,10,15H,4-5,13H2,(H,16,17). The van der Waals surface area contributed by atoms with E-state index in [1.54, 1.807) is 6.07 Å². The van der Waals surface area contributed by atoms with Crippen molar-refractivity contribution in [2.75, 3.05) is 11.1 Å². The highest BCUT2D eigenvalue weighted by atomic mass is 79.9. The number of carboxylic acids is 1.